The molecule has 104 valence electrons. The normalized spacial score (nSPS) is 13.4. The standard InChI is InChI=1S/C9H6ClF6N.ClH/c10-4-2-1-3(9(14,15)16)5(6(4)11)7(17)8(12)13;/h1-2,7-8H,17H2;1H/t7-;/m1./s1. The van der Waals surface area contributed by atoms with E-state index in [2.05, 4.69) is 0 Å². The molecule has 0 saturated heterocycles. The van der Waals surface area contributed by atoms with E-state index < -0.39 is 40.6 Å². The number of rotatable bonds is 2. The van der Waals surface area contributed by atoms with Gasteiger partial charge in [0.05, 0.1) is 16.6 Å². The van der Waals surface area contributed by atoms with E-state index in [1.165, 1.54) is 0 Å². The number of nitrogens with two attached hydrogens (primary N) is 1. The zero-order valence-corrected chi connectivity index (χ0v) is 10.0. The van der Waals surface area contributed by atoms with Crippen molar-refractivity contribution in [2.75, 3.05) is 0 Å². The van der Waals surface area contributed by atoms with Crippen LogP contribution in [0, 0.1) is 5.82 Å². The molecule has 0 radical (unpaired) electrons. The van der Waals surface area contributed by atoms with Crippen molar-refractivity contribution in [2.24, 2.45) is 5.73 Å². The van der Waals surface area contributed by atoms with Crippen molar-refractivity contribution < 1.29 is 26.3 Å². The van der Waals surface area contributed by atoms with Gasteiger partial charge in [-0.3, -0.25) is 0 Å². The Kier molecular flexibility index (Phi) is 5.77. The third-order valence-corrected chi connectivity index (χ3v) is 2.33. The van der Waals surface area contributed by atoms with E-state index in [-0.39, 0.29) is 12.4 Å². The van der Waals surface area contributed by atoms with Gasteiger partial charge in [0.1, 0.15) is 5.82 Å². The summed E-state index contributed by atoms with van der Waals surface area (Å²) in [6.07, 6.45) is -8.31. The molecule has 0 fully saturated rings. The molecule has 0 saturated carbocycles. The number of hydrogen-bond donors (Lipinski definition) is 1. The van der Waals surface area contributed by atoms with Crippen LogP contribution in [0.1, 0.15) is 17.2 Å². The highest BCUT2D eigenvalue weighted by molar-refractivity contribution is 6.30. The molecule has 9 heteroatoms. The van der Waals surface area contributed by atoms with Crippen molar-refractivity contribution in [1.29, 1.82) is 0 Å². The van der Waals surface area contributed by atoms with Gasteiger partial charge in [-0.15, -0.1) is 12.4 Å². The van der Waals surface area contributed by atoms with Crippen molar-refractivity contribution in [3.63, 3.8) is 0 Å². The van der Waals surface area contributed by atoms with Crippen LogP contribution in [0.5, 0.6) is 0 Å². The summed E-state index contributed by atoms with van der Waals surface area (Å²) in [5.74, 6) is -1.57. The van der Waals surface area contributed by atoms with Crippen molar-refractivity contribution in [3.05, 3.63) is 34.1 Å². The van der Waals surface area contributed by atoms with Crippen LogP contribution >= 0.6 is 24.0 Å². The van der Waals surface area contributed by atoms with E-state index >= 15 is 0 Å². The highest BCUT2D eigenvalue weighted by Gasteiger charge is 2.38. The third-order valence-electron chi connectivity index (χ3n) is 2.04. The Labute approximate surface area is 109 Å². The first kappa shape index (κ1) is 17.3. The Hall–Kier alpha value is -0.660. The summed E-state index contributed by atoms with van der Waals surface area (Å²) < 4.78 is 75.4. The van der Waals surface area contributed by atoms with Crippen LogP contribution in [0.25, 0.3) is 0 Å². The number of alkyl halides is 5. The monoisotopic (exact) mass is 313 g/mol. The molecule has 1 nitrogen and oxygen atoms in total. The molecule has 2 N–H and O–H groups in total. The molecule has 0 aliphatic heterocycles. The van der Waals surface area contributed by atoms with Crippen molar-refractivity contribution >= 4 is 24.0 Å². The van der Waals surface area contributed by atoms with Gasteiger partial charge in [0.25, 0.3) is 6.43 Å². The van der Waals surface area contributed by atoms with Gasteiger partial charge in [0.2, 0.25) is 0 Å². The predicted molar refractivity (Wildman–Crippen MR) is 56.6 cm³/mol. The predicted octanol–water partition coefficient (Wildman–Crippen LogP) is 4.18. The van der Waals surface area contributed by atoms with E-state index in [1.54, 1.807) is 0 Å². The summed E-state index contributed by atoms with van der Waals surface area (Å²) >= 11 is 5.24. The molecule has 0 unspecified atom stereocenters. The van der Waals surface area contributed by atoms with E-state index in [9.17, 15) is 26.3 Å². The van der Waals surface area contributed by atoms with Crippen LogP contribution in [0.2, 0.25) is 5.02 Å². The lowest BCUT2D eigenvalue weighted by Crippen LogP contribution is -2.25. The summed E-state index contributed by atoms with van der Waals surface area (Å²) in [6.45, 7) is 0. The van der Waals surface area contributed by atoms with Crippen LogP contribution in [-0.2, 0) is 6.18 Å². The van der Waals surface area contributed by atoms with E-state index in [0.29, 0.717) is 12.1 Å². The summed E-state index contributed by atoms with van der Waals surface area (Å²) in [7, 11) is 0. The maximum absolute atomic E-state index is 13.4. The Morgan fingerprint density at radius 1 is 1.17 bits per heavy atom. The van der Waals surface area contributed by atoms with Gasteiger partial charge in [0, 0.05) is 5.56 Å². The third kappa shape index (κ3) is 3.43. The summed E-state index contributed by atoms with van der Waals surface area (Å²) in [5.41, 5.74) is 1.99. The molecule has 18 heavy (non-hydrogen) atoms. The van der Waals surface area contributed by atoms with Crippen molar-refractivity contribution in [3.8, 4) is 0 Å². The average Bonchev–Trinajstić information content (AvgIpc) is 2.19. The van der Waals surface area contributed by atoms with Crippen molar-refractivity contribution in [2.45, 2.75) is 18.6 Å². The minimum Gasteiger partial charge on any atom is -0.319 e. The lowest BCUT2D eigenvalue weighted by atomic mass is 10.00. The molecule has 0 spiro atoms. The van der Waals surface area contributed by atoms with Crippen LogP contribution < -0.4 is 5.73 Å². The van der Waals surface area contributed by atoms with Crippen LogP contribution in [0.3, 0.4) is 0 Å². The average molecular weight is 314 g/mol. The molecule has 0 heterocycles. The van der Waals surface area contributed by atoms with E-state index in [0.717, 1.165) is 0 Å². The highest BCUT2D eigenvalue weighted by atomic mass is 35.5. The number of halogens is 8. The topological polar surface area (TPSA) is 26.0 Å². The minimum absolute atomic E-state index is 0. The Bertz CT molecular complexity index is 420. The summed E-state index contributed by atoms with van der Waals surface area (Å²) in [6, 6.07) is -1.32. The molecule has 1 aromatic rings. The number of benzene rings is 1. The van der Waals surface area contributed by atoms with Gasteiger partial charge in [0.15, 0.2) is 0 Å². The van der Waals surface area contributed by atoms with Gasteiger partial charge in [-0.2, -0.15) is 13.2 Å². The maximum Gasteiger partial charge on any atom is 0.416 e. The van der Waals surface area contributed by atoms with Gasteiger partial charge in [-0.1, -0.05) is 11.6 Å². The summed E-state index contributed by atoms with van der Waals surface area (Å²) in [5, 5.41) is -0.691. The first-order chi connectivity index (χ1) is 7.66. The zero-order chi connectivity index (χ0) is 13.4. The van der Waals surface area contributed by atoms with Crippen LogP contribution in [-0.4, -0.2) is 6.43 Å². The first-order valence-electron chi connectivity index (χ1n) is 4.25. The molecule has 0 aliphatic carbocycles. The SMILES string of the molecule is Cl.N[C@H](c1c(C(F)(F)F)ccc(Cl)c1F)C(F)F. The van der Waals surface area contributed by atoms with Crippen LogP contribution in [0.15, 0.2) is 12.1 Å². The van der Waals surface area contributed by atoms with E-state index in [4.69, 9.17) is 17.3 Å². The molecule has 0 amide bonds. The summed E-state index contributed by atoms with van der Waals surface area (Å²) in [4.78, 5) is 0. The molecule has 0 bridgehead atoms. The quantitative estimate of drug-likeness (QED) is 0.814. The van der Waals surface area contributed by atoms with Crippen LogP contribution in [0.4, 0.5) is 26.3 Å². The van der Waals surface area contributed by atoms with Gasteiger partial charge in [-0.05, 0) is 12.1 Å². The second kappa shape index (κ2) is 5.99. The highest BCUT2D eigenvalue weighted by Crippen LogP contribution is 2.38. The Morgan fingerprint density at radius 3 is 2.06 bits per heavy atom. The molecule has 1 rings (SSSR count). The van der Waals surface area contributed by atoms with E-state index in [1.807, 2.05) is 0 Å². The number of hydrogen-bond acceptors (Lipinski definition) is 1. The second-order valence-corrected chi connectivity index (χ2v) is 3.59. The zero-order valence-electron chi connectivity index (χ0n) is 8.44. The second-order valence-electron chi connectivity index (χ2n) is 3.18. The molecule has 1 atom stereocenters. The minimum atomic E-state index is -4.98. The first-order valence-corrected chi connectivity index (χ1v) is 4.63. The lowest BCUT2D eigenvalue weighted by Gasteiger charge is -2.19. The fourth-order valence-electron chi connectivity index (χ4n) is 1.27. The fraction of sp³-hybridized carbons (Fsp3) is 0.333. The molecule has 0 aromatic heterocycles. The molecular formula is C9H7Cl2F6N. The largest absolute Gasteiger partial charge is 0.416 e. The van der Waals surface area contributed by atoms with Gasteiger partial charge < -0.3 is 5.73 Å². The fourth-order valence-corrected chi connectivity index (χ4v) is 1.43. The molecular weight excluding hydrogens is 307 g/mol. The molecule has 0 aliphatic rings. The Morgan fingerprint density at radius 2 is 1.67 bits per heavy atom. The van der Waals surface area contributed by atoms with Gasteiger partial charge in [-0.25, -0.2) is 13.2 Å². The van der Waals surface area contributed by atoms with Gasteiger partial charge >= 0.3 is 6.18 Å². The molecule has 1 aromatic carbocycles. The smallest absolute Gasteiger partial charge is 0.319 e. The lowest BCUT2D eigenvalue weighted by molar-refractivity contribution is -0.138. The maximum atomic E-state index is 13.4. The van der Waals surface area contributed by atoms with Crippen molar-refractivity contribution in [1.82, 2.24) is 0 Å². The Balaban J connectivity index is 0.00000289.